The molecule has 0 aliphatic heterocycles. The Morgan fingerprint density at radius 3 is 2.95 bits per heavy atom. The molecule has 0 bridgehead atoms. The molecule has 5 heteroatoms. The Balaban J connectivity index is 2.19. The summed E-state index contributed by atoms with van der Waals surface area (Å²) in [4.78, 5) is 15.9. The van der Waals surface area contributed by atoms with Gasteiger partial charge in [-0.05, 0) is 19.1 Å². The summed E-state index contributed by atoms with van der Waals surface area (Å²) in [5, 5.41) is 8.98. The molecule has 1 amide bonds. The summed E-state index contributed by atoms with van der Waals surface area (Å²) in [5.41, 5.74) is 2.74. The molecule has 100 valence electrons. The molecule has 0 aliphatic carbocycles. The van der Waals surface area contributed by atoms with Crippen LogP contribution in [0.25, 0.3) is 11.3 Å². The molecule has 0 spiro atoms. The van der Waals surface area contributed by atoms with Gasteiger partial charge in [0.15, 0.2) is 5.13 Å². The number of anilines is 2. The Bertz CT molecular complexity index is 565. The first-order valence-electron chi connectivity index (χ1n) is 6.32. The van der Waals surface area contributed by atoms with Crippen LogP contribution in [0.3, 0.4) is 0 Å². The monoisotopic (exact) mass is 275 g/mol. The highest BCUT2D eigenvalue weighted by atomic mass is 32.1. The van der Waals surface area contributed by atoms with E-state index in [1.54, 1.807) is 11.3 Å². The Hall–Kier alpha value is -1.88. The van der Waals surface area contributed by atoms with Gasteiger partial charge in [0.25, 0.3) is 0 Å². The van der Waals surface area contributed by atoms with Crippen LogP contribution < -0.4 is 10.6 Å². The van der Waals surface area contributed by atoms with Crippen LogP contribution in [-0.2, 0) is 4.79 Å². The van der Waals surface area contributed by atoms with Gasteiger partial charge >= 0.3 is 0 Å². The number of aromatic nitrogens is 1. The number of nitrogens with one attached hydrogen (secondary N) is 2. The van der Waals surface area contributed by atoms with E-state index in [2.05, 4.69) is 15.6 Å². The number of hydrogen-bond donors (Lipinski definition) is 2. The van der Waals surface area contributed by atoms with Crippen LogP contribution in [0.2, 0.25) is 0 Å². The second-order valence-electron chi connectivity index (χ2n) is 4.05. The predicted molar refractivity (Wildman–Crippen MR) is 80.6 cm³/mol. The lowest BCUT2D eigenvalue weighted by Gasteiger charge is -2.05. The summed E-state index contributed by atoms with van der Waals surface area (Å²) >= 11 is 1.58. The third-order valence-corrected chi connectivity index (χ3v) is 3.40. The SMILES string of the molecule is CCNc1nc(-c2cccc(NC(=O)CC)c2)cs1. The highest BCUT2D eigenvalue weighted by molar-refractivity contribution is 7.14. The van der Waals surface area contributed by atoms with Crippen LogP contribution in [0.4, 0.5) is 10.8 Å². The third kappa shape index (κ3) is 3.54. The summed E-state index contributed by atoms with van der Waals surface area (Å²) in [5.74, 6) is 0.0174. The molecule has 0 saturated carbocycles. The average molecular weight is 275 g/mol. The van der Waals surface area contributed by atoms with E-state index >= 15 is 0 Å². The van der Waals surface area contributed by atoms with E-state index in [4.69, 9.17) is 0 Å². The first kappa shape index (κ1) is 13.5. The minimum atomic E-state index is 0.0174. The summed E-state index contributed by atoms with van der Waals surface area (Å²) in [6.07, 6.45) is 0.478. The number of thiazole rings is 1. The van der Waals surface area contributed by atoms with Gasteiger partial charge in [-0.2, -0.15) is 0 Å². The number of hydrogen-bond acceptors (Lipinski definition) is 4. The first-order chi connectivity index (χ1) is 9.22. The summed E-state index contributed by atoms with van der Waals surface area (Å²) < 4.78 is 0. The molecule has 0 aliphatic rings. The number of amides is 1. The van der Waals surface area contributed by atoms with Gasteiger partial charge in [0.05, 0.1) is 5.69 Å². The Morgan fingerprint density at radius 1 is 1.37 bits per heavy atom. The zero-order chi connectivity index (χ0) is 13.7. The molecule has 0 fully saturated rings. The number of rotatable bonds is 5. The highest BCUT2D eigenvalue weighted by Crippen LogP contribution is 2.26. The lowest BCUT2D eigenvalue weighted by atomic mass is 10.1. The molecule has 4 nitrogen and oxygen atoms in total. The maximum absolute atomic E-state index is 11.4. The van der Waals surface area contributed by atoms with E-state index in [0.29, 0.717) is 6.42 Å². The van der Waals surface area contributed by atoms with Gasteiger partial charge in [-0.3, -0.25) is 4.79 Å². The standard InChI is InChI=1S/C14H17N3OS/c1-3-13(18)16-11-7-5-6-10(8-11)12-9-19-14(17-12)15-4-2/h5-9H,3-4H2,1-2H3,(H,15,17)(H,16,18). The van der Waals surface area contributed by atoms with E-state index in [1.165, 1.54) is 0 Å². The van der Waals surface area contributed by atoms with Crippen LogP contribution in [0.5, 0.6) is 0 Å². The van der Waals surface area contributed by atoms with E-state index < -0.39 is 0 Å². The van der Waals surface area contributed by atoms with Gasteiger partial charge in [0, 0.05) is 29.6 Å². The van der Waals surface area contributed by atoms with Gasteiger partial charge in [-0.25, -0.2) is 4.98 Å². The number of carbonyl (C=O) groups excluding carboxylic acids is 1. The Morgan fingerprint density at radius 2 is 2.21 bits per heavy atom. The van der Waals surface area contributed by atoms with Crippen LogP contribution in [0, 0.1) is 0 Å². The lowest BCUT2D eigenvalue weighted by molar-refractivity contribution is -0.115. The number of carbonyl (C=O) groups is 1. The minimum absolute atomic E-state index is 0.0174. The van der Waals surface area contributed by atoms with Crippen LogP contribution in [0.1, 0.15) is 20.3 Å². The zero-order valence-electron chi connectivity index (χ0n) is 11.1. The van der Waals surface area contributed by atoms with Crippen molar-refractivity contribution in [3.63, 3.8) is 0 Å². The Labute approximate surface area is 116 Å². The first-order valence-corrected chi connectivity index (χ1v) is 7.20. The predicted octanol–water partition coefficient (Wildman–Crippen LogP) is 3.59. The molecule has 2 aromatic rings. The normalized spacial score (nSPS) is 10.2. The second kappa shape index (κ2) is 6.33. The number of benzene rings is 1. The fourth-order valence-corrected chi connectivity index (χ4v) is 2.44. The lowest BCUT2D eigenvalue weighted by Crippen LogP contribution is -2.09. The molecular weight excluding hydrogens is 258 g/mol. The van der Waals surface area contributed by atoms with Crippen molar-refractivity contribution < 1.29 is 4.79 Å². The maximum Gasteiger partial charge on any atom is 0.224 e. The third-order valence-electron chi connectivity index (χ3n) is 2.60. The topological polar surface area (TPSA) is 54.0 Å². The average Bonchev–Trinajstić information content (AvgIpc) is 2.88. The zero-order valence-corrected chi connectivity index (χ0v) is 11.9. The van der Waals surface area contributed by atoms with Crippen molar-refractivity contribution in [1.82, 2.24) is 4.98 Å². The highest BCUT2D eigenvalue weighted by Gasteiger charge is 2.05. The van der Waals surface area contributed by atoms with E-state index in [9.17, 15) is 4.79 Å². The van der Waals surface area contributed by atoms with Crippen LogP contribution in [-0.4, -0.2) is 17.4 Å². The number of nitrogens with zero attached hydrogens (tertiary/aromatic N) is 1. The fraction of sp³-hybridized carbons (Fsp3) is 0.286. The molecule has 0 atom stereocenters. The molecule has 0 saturated heterocycles. The van der Waals surface area contributed by atoms with Crippen molar-refractivity contribution >= 4 is 28.1 Å². The van der Waals surface area contributed by atoms with E-state index in [0.717, 1.165) is 28.6 Å². The molecule has 19 heavy (non-hydrogen) atoms. The van der Waals surface area contributed by atoms with Gasteiger partial charge < -0.3 is 10.6 Å². The molecule has 1 aromatic heterocycles. The van der Waals surface area contributed by atoms with Gasteiger partial charge in [0.2, 0.25) is 5.91 Å². The summed E-state index contributed by atoms with van der Waals surface area (Å²) in [6.45, 7) is 4.74. The van der Waals surface area contributed by atoms with Crippen molar-refractivity contribution in [2.24, 2.45) is 0 Å². The Kier molecular flexibility index (Phi) is 4.52. The molecular formula is C14H17N3OS. The smallest absolute Gasteiger partial charge is 0.224 e. The quantitative estimate of drug-likeness (QED) is 0.876. The van der Waals surface area contributed by atoms with Crippen LogP contribution >= 0.6 is 11.3 Å². The molecule has 0 unspecified atom stereocenters. The molecule has 0 radical (unpaired) electrons. The van der Waals surface area contributed by atoms with Gasteiger partial charge in [-0.1, -0.05) is 19.1 Å². The second-order valence-corrected chi connectivity index (χ2v) is 4.91. The van der Waals surface area contributed by atoms with E-state index in [1.807, 2.05) is 43.5 Å². The minimum Gasteiger partial charge on any atom is -0.362 e. The molecule has 2 N–H and O–H groups in total. The van der Waals surface area contributed by atoms with E-state index in [-0.39, 0.29) is 5.91 Å². The summed E-state index contributed by atoms with van der Waals surface area (Å²) in [7, 11) is 0. The van der Waals surface area contributed by atoms with Crippen molar-refractivity contribution in [1.29, 1.82) is 0 Å². The van der Waals surface area contributed by atoms with Gasteiger partial charge in [0.1, 0.15) is 0 Å². The summed E-state index contributed by atoms with van der Waals surface area (Å²) in [6, 6.07) is 7.74. The van der Waals surface area contributed by atoms with Crippen molar-refractivity contribution in [2.75, 3.05) is 17.2 Å². The fourth-order valence-electron chi connectivity index (χ4n) is 1.64. The van der Waals surface area contributed by atoms with Crippen molar-refractivity contribution in [3.05, 3.63) is 29.6 Å². The molecule has 1 aromatic carbocycles. The maximum atomic E-state index is 11.4. The van der Waals surface area contributed by atoms with Crippen molar-refractivity contribution in [3.8, 4) is 11.3 Å². The van der Waals surface area contributed by atoms with Crippen LogP contribution in [0.15, 0.2) is 29.6 Å². The molecule has 2 rings (SSSR count). The van der Waals surface area contributed by atoms with Crippen molar-refractivity contribution in [2.45, 2.75) is 20.3 Å². The van der Waals surface area contributed by atoms with Gasteiger partial charge in [-0.15, -0.1) is 11.3 Å². The largest absolute Gasteiger partial charge is 0.362 e. The molecule has 1 heterocycles.